The van der Waals surface area contributed by atoms with Crippen molar-refractivity contribution in [1.82, 2.24) is 10.6 Å². The molecule has 1 heterocycles. The van der Waals surface area contributed by atoms with E-state index in [0.717, 1.165) is 25.8 Å². The first-order chi connectivity index (χ1) is 8.78. The molecule has 1 saturated heterocycles. The molecular weight excluding hydrogens is 244 g/mol. The van der Waals surface area contributed by atoms with Gasteiger partial charge < -0.3 is 15.7 Å². The van der Waals surface area contributed by atoms with E-state index in [1.165, 1.54) is 0 Å². The Morgan fingerprint density at radius 1 is 1.37 bits per heavy atom. The lowest BCUT2D eigenvalue weighted by Crippen LogP contribution is -2.50. The molecule has 0 bridgehead atoms. The normalized spacial score (nSPS) is 21.7. The molecule has 2 unspecified atom stereocenters. The molecule has 0 saturated carbocycles. The first-order valence-corrected chi connectivity index (χ1v) is 7.03. The van der Waals surface area contributed by atoms with E-state index in [1.54, 1.807) is 0 Å². The smallest absolute Gasteiger partial charge is 0.305 e. The highest BCUT2D eigenvalue weighted by Crippen LogP contribution is 2.22. The third-order valence-electron chi connectivity index (χ3n) is 3.25. The van der Waals surface area contributed by atoms with Crippen LogP contribution in [0.2, 0.25) is 0 Å². The minimum atomic E-state index is -0.869. The van der Waals surface area contributed by atoms with Crippen molar-refractivity contribution in [2.45, 2.75) is 65.0 Å². The molecule has 19 heavy (non-hydrogen) atoms. The summed E-state index contributed by atoms with van der Waals surface area (Å²) < 4.78 is 0. The molecule has 0 aromatic rings. The Morgan fingerprint density at radius 3 is 2.53 bits per heavy atom. The van der Waals surface area contributed by atoms with E-state index in [4.69, 9.17) is 5.11 Å². The van der Waals surface area contributed by atoms with Crippen LogP contribution in [0, 0.1) is 5.41 Å². The van der Waals surface area contributed by atoms with Crippen molar-refractivity contribution in [2.24, 2.45) is 5.41 Å². The van der Waals surface area contributed by atoms with E-state index in [0.29, 0.717) is 6.42 Å². The molecule has 5 heteroatoms. The summed E-state index contributed by atoms with van der Waals surface area (Å²) in [6.07, 6.45) is 3.63. The summed E-state index contributed by atoms with van der Waals surface area (Å²) in [5.41, 5.74) is -0.00656. The molecule has 1 amide bonds. The molecule has 2 atom stereocenters. The largest absolute Gasteiger partial charge is 0.481 e. The number of hydrogen-bond acceptors (Lipinski definition) is 3. The highest BCUT2D eigenvalue weighted by molar-refractivity contribution is 5.82. The number of amides is 1. The Labute approximate surface area is 115 Å². The molecule has 110 valence electrons. The Hall–Kier alpha value is -1.10. The van der Waals surface area contributed by atoms with Crippen LogP contribution < -0.4 is 10.6 Å². The summed E-state index contributed by atoms with van der Waals surface area (Å²) >= 11 is 0. The van der Waals surface area contributed by atoms with Crippen molar-refractivity contribution in [2.75, 3.05) is 6.54 Å². The first-order valence-electron chi connectivity index (χ1n) is 7.03. The molecule has 1 aliphatic rings. The predicted octanol–water partition coefficient (Wildman–Crippen LogP) is 1.52. The van der Waals surface area contributed by atoms with Crippen LogP contribution >= 0.6 is 0 Å². The minimum Gasteiger partial charge on any atom is -0.481 e. The van der Waals surface area contributed by atoms with Gasteiger partial charge in [0.2, 0.25) is 5.91 Å². The number of hydrogen-bond donors (Lipinski definition) is 3. The van der Waals surface area contributed by atoms with Crippen LogP contribution in [0.25, 0.3) is 0 Å². The molecule has 1 fully saturated rings. The van der Waals surface area contributed by atoms with Gasteiger partial charge in [-0.2, -0.15) is 0 Å². The molecule has 0 aromatic heterocycles. The highest BCUT2D eigenvalue weighted by Gasteiger charge is 2.26. The van der Waals surface area contributed by atoms with Crippen LogP contribution in [0.1, 0.15) is 52.9 Å². The third kappa shape index (κ3) is 6.57. The fourth-order valence-corrected chi connectivity index (χ4v) is 2.50. The van der Waals surface area contributed by atoms with Gasteiger partial charge in [0.25, 0.3) is 0 Å². The van der Waals surface area contributed by atoms with E-state index < -0.39 is 5.97 Å². The van der Waals surface area contributed by atoms with E-state index in [2.05, 4.69) is 10.6 Å². The lowest BCUT2D eigenvalue weighted by atomic mass is 9.86. The number of piperidine rings is 1. The predicted molar refractivity (Wildman–Crippen MR) is 73.9 cm³/mol. The fourth-order valence-electron chi connectivity index (χ4n) is 2.50. The highest BCUT2D eigenvalue weighted by atomic mass is 16.4. The summed E-state index contributed by atoms with van der Waals surface area (Å²) in [7, 11) is 0. The Bertz CT molecular complexity index is 317. The van der Waals surface area contributed by atoms with E-state index >= 15 is 0 Å². The van der Waals surface area contributed by atoms with Crippen molar-refractivity contribution in [3.8, 4) is 0 Å². The van der Waals surface area contributed by atoms with Crippen LogP contribution in [0.15, 0.2) is 0 Å². The van der Waals surface area contributed by atoms with Crippen molar-refractivity contribution in [1.29, 1.82) is 0 Å². The second-order valence-electron chi connectivity index (χ2n) is 6.57. The van der Waals surface area contributed by atoms with Crippen LogP contribution in [0.3, 0.4) is 0 Å². The fraction of sp³-hybridized carbons (Fsp3) is 0.857. The zero-order valence-corrected chi connectivity index (χ0v) is 12.2. The maximum Gasteiger partial charge on any atom is 0.305 e. The van der Waals surface area contributed by atoms with Gasteiger partial charge >= 0.3 is 5.97 Å². The SMILES string of the molecule is CC(C)(C)CC(CC(=O)O)NC(=O)C1CCCCN1. The van der Waals surface area contributed by atoms with E-state index in [1.807, 2.05) is 20.8 Å². The Morgan fingerprint density at radius 2 is 2.05 bits per heavy atom. The van der Waals surface area contributed by atoms with Crippen molar-refractivity contribution < 1.29 is 14.7 Å². The molecule has 5 nitrogen and oxygen atoms in total. The zero-order chi connectivity index (χ0) is 14.5. The summed E-state index contributed by atoms with van der Waals surface area (Å²) in [5, 5.41) is 15.0. The zero-order valence-electron chi connectivity index (χ0n) is 12.2. The van der Waals surface area contributed by atoms with E-state index in [-0.39, 0.29) is 29.8 Å². The number of carbonyl (C=O) groups is 2. The Kier molecular flexibility index (Phi) is 5.79. The molecule has 0 radical (unpaired) electrons. The van der Waals surface area contributed by atoms with Gasteiger partial charge in [0, 0.05) is 6.04 Å². The minimum absolute atomic E-state index is 0.00656. The molecule has 3 N–H and O–H groups in total. The number of rotatable bonds is 5. The van der Waals surface area contributed by atoms with Crippen LogP contribution in [0.5, 0.6) is 0 Å². The van der Waals surface area contributed by atoms with Crippen LogP contribution in [-0.2, 0) is 9.59 Å². The molecule has 0 spiro atoms. The number of carbonyl (C=O) groups excluding carboxylic acids is 1. The van der Waals surface area contributed by atoms with Gasteiger partial charge in [-0.25, -0.2) is 0 Å². The summed E-state index contributed by atoms with van der Waals surface area (Å²) in [6, 6.07) is -0.460. The average Bonchev–Trinajstić information content (AvgIpc) is 2.26. The second kappa shape index (κ2) is 6.89. The van der Waals surface area contributed by atoms with E-state index in [9.17, 15) is 9.59 Å². The van der Waals surface area contributed by atoms with Gasteiger partial charge in [-0.1, -0.05) is 27.2 Å². The molecule has 1 rings (SSSR count). The van der Waals surface area contributed by atoms with Gasteiger partial charge in [-0.15, -0.1) is 0 Å². The molecule has 1 aliphatic heterocycles. The standard InChI is InChI=1S/C14H26N2O3/c1-14(2,3)9-10(8-12(17)18)16-13(19)11-6-4-5-7-15-11/h10-11,15H,4-9H2,1-3H3,(H,16,19)(H,17,18). The molecule has 0 aliphatic carbocycles. The van der Waals surface area contributed by atoms with Gasteiger partial charge in [-0.3, -0.25) is 9.59 Å². The maximum absolute atomic E-state index is 12.1. The number of carboxylic acid groups (broad SMARTS) is 1. The summed E-state index contributed by atoms with van der Waals surface area (Å²) in [5.74, 6) is -0.929. The molecular formula is C14H26N2O3. The number of nitrogens with one attached hydrogen (secondary N) is 2. The first kappa shape index (κ1) is 16.0. The maximum atomic E-state index is 12.1. The van der Waals surface area contributed by atoms with Crippen LogP contribution in [-0.4, -0.2) is 35.6 Å². The van der Waals surface area contributed by atoms with Gasteiger partial charge in [-0.05, 0) is 31.2 Å². The van der Waals surface area contributed by atoms with Gasteiger partial charge in [0.15, 0.2) is 0 Å². The van der Waals surface area contributed by atoms with Crippen LogP contribution in [0.4, 0.5) is 0 Å². The monoisotopic (exact) mass is 270 g/mol. The summed E-state index contributed by atoms with van der Waals surface area (Å²) in [6.45, 7) is 7.01. The van der Waals surface area contributed by atoms with Gasteiger partial charge in [0.1, 0.15) is 0 Å². The lowest BCUT2D eigenvalue weighted by molar-refractivity contribution is -0.138. The Balaban J connectivity index is 2.54. The van der Waals surface area contributed by atoms with Crippen molar-refractivity contribution in [3.63, 3.8) is 0 Å². The van der Waals surface area contributed by atoms with Crippen molar-refractivity contribution >= 4 is 11.9 Å². The molecule has 0 aromatic carbocycles. The average molecular weight is 270 g/mol. The number of carboxylic acids is 1. The lowest BCUT2D eigenvalue weighted by Gasteiger charge is -2.29. The quantitative estimate of drug-likeness (QED) is 0.708. The number of aliphatic carboxylic acids is 1. The summed E-state index contributed by atoms with van der Waals surface area (Å²) in [4.78, 5) is 23.0. The third-order valence-corrected chi connectivity index (χ3v) is 3.25. The van der Waals surface area contributed by atoms with Gasteiger partial charge in [0.05, 0.1) is 12.5 Å². The van der Waals surface area contributed by atoms with Crippen molar-refractivity contribution in [3.05, 3.63) is 0 Å². The topological polar surface area (TPSA) is 78.4 Å². The second-order valence-corrected chi connectivity index (χ2v) is 6.57.